The normalized spacial score (nSPS) is 10.2. The molecule has 0 saturated heterocycles. The summed E-state index contributed by atoms with van der Waals surface area (Å²) in [4.78, 5) is 8.99. The van der Waals surface area contributed by atoms with Gasteiger partial charge in [0.05, 0.1) is 12.1 Å². The minimum Gasteiger partial charge on any atom is -0.253 e. The lowest BCUT2D eigenvalue weighted by Gasteiger charge is -1.93. The summed E-state index contributed by atoms with van der Waals surface area (Å²) in [5.41, 5.74) is 1.81. The maximum Gasteiger partial charge on any atom is 0.137 e. The lowest BCUT2D eigenvalue weighted by Crippen LogP contribution is -1.97. The van der Waals surface area contributed by atoms with Crippen molar-refractivity contribution in [2.75, 3.05) is 0 Å². The summed E-state index contributed by atoms with van der Waals surface area (Å²) in [6.07, 6.45) is 5.06. The van der Waals surface area contributed by atoms with E-state index >= 15 is 0 Å². The van der Waals surface area contributed by atoms with Gasteiger partial charge >= 0.3 is 0 Å². The molecule has 0 atom stereocenters. The molecule has 0 fully saturated rings. The Hall–Kier alpha value is -1.23. The summed E-state index contributed by atoms with van der Waals surface area (Å²) in [6.45, 7) is 0.769. The van der Waals surface area contributed by atoms with Gasteiger partial charge in [0.1, 0.15) is 12.7 Å². The number of rotatable bonds is 2. The summed E-state index contributed by atoms with van der Waals surface area (Å²) >= 11 is 1.62. The number of thiazole rings is 1. The van der Waals surface area contributed by atoms with Crippen LogP contribution in [0.15, 0.2) is 24.4 Å². The molecular weight excluding hydrogens is 160 g/mol. The predicted molar refractivity (Wildman–Crippen MR) is 41.2 cm³/mol. The van der Waals surface area contributed by atoms with Crippen molar-refractivity contribution in [1.82, 2.24) is 19.7 Å². The van der Waals surface area contributed by atoms with Crippen LogP contribution in [-0.2, 0) is 6.54 Å². The summed E-state index contributed by atoms with van der Waals surface area (Å²) in [5, 5.41) is 3.98. The molecule has 0 bridgehead atoms. The molecule has 11 heavy (non-hydrogen) atoms. The van der Waals surface area contributed by atoms with E-state index in [1.54, 1.807) is 22.3 Å². The fourth-order valence-corrected chi connectivity index (χ4v) is 1.38. The van der Waals surface area contributed by atoms with Crippen molar-refractivity contribution < 1.29 is 0 Å². The second-order valence-electron chi connectivity index (χ2n) is 2.06. The van der Waals surface area contributed by atoms with Crippen LogP contribution in [0.25, 0.3) is 0 Å². The molecule has 0 unspecified atom stereocenters. The molecule has 0 aliphatic heterocycles. The fraction of sp³-hybridized carbons (Fsp3) is 0.167. The number of hydrogen-bond acceptors (Lipinski definition) is 4. The minimum atomic E-state index is 0.769. The van der Waals surface area contributed by atoms with E-state index in [1.165, 1.54) is 11.2 Å². The van der Waals surface area contributed by atoms with Crippen LogP contribution in [0, 0.1) is 0 Å². The highest BCUT2D eigenvalue weighted by atomic mass is 32.1. The zero-order valence-electron chi connectivity index (χ0n) is 5.71. The predicted octanol–water partition coefficient (Wildman–Crippen LogP) is 0.783. The van der Waals surface area contributed by atoms with Gasteiger partial charge in [-0.1, -0.05) is 0 Å². The molecule has 0 saturated carbocycles. The molecule has 0 spiro atoms. The standard InChI is InChI=1S/C6H6N4S/c1-6(11-5-7-1)2-10-4-8-3-9-10/h1,3-5H,2H2. The van der Waals surface area contributed by atoms with E-state index in [-0.39, 0.29) is 0 Å². The topological polar surface area (TPSA) is 43.6 Å². The first-order valence-corrected chi connectivity index (χ1v) is 4.03. The van der Waals surface area contributed by atoms with Gasteiger partial charge in [0.2, 0.25) is 0 Å². The van der Waals surface area contributed by atoms with E-state index in [4.69, 9.17) is 0 Å². The average molecular weight is 166 g/mol. The maximum absolute atomic E-state index is 3.98. The molecule has 0 aliphatic rings. The Morgan fingerprint density at radius 2 is 2.45 bits per heavy atom. The van der Waals surface area contributed by atoms with Crippen molar-refractivity contribution in [3.8, 4) is 0 Å². The molecule has 56 valence electrons. The summed E-state index contributed by atoms with van der Waals surface area (Å²) < 4.78 is 1.77. The summed E-state index contributed by atoms with van der Waals surface area (Å²) in [5.74, 6) is 0. The number of nitrogens with zero attached hydrogens (tertiary/aromatic N) is 4. The molecule has 2 rings (SSSR count). The highest BCUT2D eigenvalue weighted by Crippen LogP contribution is 2.05. The van der Waals surface area contributed by atoms with E-state index < -0.39 is 0 Å². The quantitative estimate of drug-likeness (QED) is 0.662. The van der Waals surface area contributed by atoms with Crippen LogP contribution in [0.3, 0.4) is 0 Å². The van der Waals surface area contributed by atoms with Crippen molar-refractivity contribution in [2.45, 2.75) is 6.54 Å². The van der Waals surface area contributed by atoms with Gasteiger partial charge in [0.15, 0.2) is 0 Å². The Labute approximate surface area is 67.5 Å². The summed E-state index contributed by atoms with van der Waals surface area (Å²) in [6, 6.07) is 0. The largest absolute Gasteiger partial charge is 0.253 e. The van der Waals surface area contributed by atoms with Gasteiger partial charge in [0.25, 0.3) is 0 Å². The molecule has 0 aliphatic carbocycles. The number of aromatic nitrogens is 4. The van der Waals surface area contributed by atoms with E-state index in [0.29, 0.717) is 0 Å². The SMILES string of the molecule is c1ncn(Cc2cncs2)n1. The lowest BCUT2D eigenvalue weighted by atomic mass is 10.5. The zero-order chi connectivity index (χ0) is 7.52. The molecule has 0 amide bonds. The van der Waals surface area contributed by atoms with E-state index in [9.17, 15) is 0 Å². The zero-order valence-corrected chi connectivity index (χ0v) is 6.53. The van der Waals surface area contributed by atoms with Crippen LogP contribution < -0.4 is 0 Å². The first kappa shape index (κ1) is 6.48. The number of hydrogen-bond donors (Lipinski definition) is 0. The highest BCUT2D eigenvalue weighted by molar-refractivity contribution is 7.09. The summed E-state index contributed by atoms with van der Waals surface area (Å²) in [7, 11) is 0. The molecule has 2 aromatic heterocycles. The Balaban J connectivity index is 2.14. The Kier molecular flexibility index (Phi) is 1.64. The van der Waals surface area contributed by atoms with Gasteiger partial charge in [-0.05, 0) is 0 Å². The maximum atomic E-state index is 3.98. The average Bonchev–Trinajstić information content (AvgIpc) is 2.60. The minimum absolute atomic E-state index is 0.769. The monoisotopic (exact) mass is 166 g/mol. The van der Waals surface area contributed by atoms with Gasteiger partial charge in [-0.2, -0.15) is 5.10 Å². The van der Waals surface area contributed by atoms with Gasteiger partial charge in [0, 0.05) is 11.1 Å². The molecule has 4 nitrogen and oxygen atoms in total. The van der Waals surface area contributed by atoms with Crippen LogP contribution in [0.2, 0.25) is 0 Å². The van der Waals surface area contributed by atoms with Crippen molar-refractivity contribution >= 4 is 11.3 Å². The Morgan fingerprint density at radius 3 is 3.09 bits per heavy atom. The van der Waals surface area contributed by atoms with Gasteiger partial charge in [-0.3, -0.25) is 4.98 Å². The van der Waals surface area contributed by atoms with E-state index in [2.05, 4.69) is 15.1 Å². The molecule has 2 heterocycles. The molecule has 0 radical (unpaired) electrons. The Morgan fingerprint density at radius 1 is 1.45 bits per heavy atom. The lowest BCUT2D eigenvalue weighted by molar-refractivity contribution is 0.692. The fourth-order valence-electron chi connectivity index (χ4n) is 0.794. The van der Waals surface area contributed by atoms with Crippen LogP contribution in [0.4, 0.5) is 0 Å². The molecule has 0 N–H and O–H groups in total. The first-order chi connectivity index (χ1) is 5.45. The van der Waals surface area contributed by atoms with Crippen LogP contribution in [0.5, 0.6) is 0 Å². The highest BCUT2D eigenvalue weighted by Gasteiger charge is 1.95. The second kappa shape index (κ2) is 2.79. The van der Waals surface area contributed by atoms with Gasteiger partial charge in [-0.25, -0.2) is 9.67 Å². The molecule has 0 aromatic carbocycles. The molecule has 2 aromatic rings. The third-order valence-electron chi connectivity index (χ3n) is 1.27. The third kappa shape index (κ3) is 1.43. The van der Waals surface area contributed by atoms with Crippen molar-refractivity contribution in [3.05, 3.63) is 29.2 Å². The van der Waals surface area contributed by atoms with Crippen molar-refractivity contribution in [1.29, 1.82) is 0 Å². The Bertz CT molecular complexity index is 267. The third-order valence-corrected chi connectivity index (χ3v) is 2.03. The van der Waals surface area contributed by atoms with E-state index in [1.807, 2.05) is 11.7 Å². The second-order valence-corrected chi connectivity index (χ2v) is 3.03. The molecular formula is C6H6N4S. The van der Waals surface area contributed by atoms with Crippen molar-refractivity contribution in [3.63, 3.8) is 0 Å². The molecule has 5 heteroatoms. The van der Waals surface area contributed by atoms with Crippen LogP contribution in [0.1, 0.15) is 4.88 Å². The first-order valence-electron chi connectivity index (χ1n) is 3.15. The smallest absolute Gasteiger partial charge is 0.137 e. The van der Waals surface area contributed by atoms with Gasteiger partial charge in [-0.15, -0.1) is 11.3 Å². The van der Waals surface area contributed by atoms with Crippen LogP contribution in [-0.4, -0.2) is 19.7 Å². The van der Waals surface area contributed by atoms with Crippen LogP contribution >= 0.6 is 11.3 Å². The van der Waals surface area contributed by atoms with Gasteiger partial charge < -0.3 is 0 Å². The van der Waals surface area contributed by atoms with E-state index in [0.717, 1.165) is 6.54 Å². The van der Waals surface area contributed by atoms with Crippen molar-refractivity contribution in [2.24, 2.45) is 0 Å².